The Morgan fingerprint density at radius 2 is 1.74 bits per heavy atom. The number of Topliss-reactive ketones (excluding diaryl/α,β-unsaturated/α-hetero) is 2. The predicted octanol–water partition coefficient (Wildman–Crippen LogP) is 4.64. The van der Waals surface area contributed by atoms with Crippen LogP contribution in [0.3, 0.4) is 0 Å². The van der Waals surface area contributed by atoms with Gasteiger partial charge in [0.1, 0.15) is 30.5 Å². The number of fused-ring (bicyclic) bond motifs is 4. The summed E-state index contributed by atoms with van der Waals surface area (Å²) in [5.74, 6) is 2.15. The summed E-state index contributed by atoms with van der Waals surface area (Å²) >= 11 is 0. The second-order valence-electron chi connectivity index (χ2n) is 10.4. The lowest BCUT2D eigenvalue weighted by Crippen LogP contribution is -2.40. The van der Waals surface area contributed by atoms with Crippen LogP contribution in [0.2, 0.25) is 0 Å². The van der Waals surface area contributed by atoms with Gasteiger partial charge in [0.05, 0.1) is 6.26 Å². The van der Waals surface area contributed by atoms with E-state index >= 15 is 0 Å². The molecule has 0 N–H and O–H groups in total. The number of carbonyl (C=O) groups is 2. The largest absolute Gasteiger partial charge is 0.491 e. The quantitative estimate of drug-likeness (QED) is 0.432. The van der Waals surface area contributed by atoms with Crippen LogP contribution in [0.4, 0.5) is 0 Å². The van der Waals surface area contributed by atoms with Crippen LogP contribution in [0.15, 0.2) is 41.0 Å². The van der Waals surface area contributed by atoms with Gasteiger partial charge in [-0.3, -0.25) is 13.8 Å². The van der Waals surface area contributed by atoms with Crippen LogP contribution in [-0.4, -0.2) is 39.5 Å². The van der Waals surface area contributed by atoms with E-state index in [1.165, 1.54) is 22.3 Å². The molecular weight excluding hydrogens is 452 g/mol. The van der Waals surface area contributed by atoms with E-state index in [2.05, 4.69) is 6.92 Å². The molecule has 7 heteroatoms. The zero-order valence-electron chi connectivity index (χ0n) is 19.9. The third-order valence-electron chi connectivity index (χ3n) is 8.29. The first kappa shape index (κ1) is 23.5. The van der Waals surface area contributed by atoms with Crippen molar-refractivity contribution in [1.82, 2.24) is 0 Å². The molecule has 3 atom stereocenters. The molecule has 182 valence electrons. The van der Waals surface area contributed by atoms with Crippen molar-refractivity contribution in [1.29, 1.82) is 0 Å². The molecular formula is C27H32O6S. The molecule has 0 saturated heterocycles. The summed E-state index contributed by atoms with van der Waals surface area (Å²) in [5.41, 5.74) is 6.17. The Labute approximate surface area is 201 Å². The number of hydrogen-bond donors (Lipinski definition) is 0. The van der Waals surface area contributed by atoms with Crippen molar-refractivity contribution in [3.63, 3.8) is 0 Å². The van der Waals surface area contributed by atoms with E-state index in [-0.39, 0.29) is 18.6 Å². The molecule has 34 heavy (non-hydrogen) atoms. The normalized spacial score (nSPS) is 29.1. The highest BCUT2D eigenvalue weighted by molar-refractivity contribution is 7.85. The van der Waals surface area contributed by atoms with Crippen LogP contribution in [0.25, 0.3) is 5.57 Å². The first-order valence-corrected chi connectivity index (χ1v) is 14.0. The summed E-state index contributed by atoms with van der Waals surface area (Å²) in [6.45, 7) is 2.27. The number of hydrogen-bond acceptors (Lipinski definition) is 6. The van der Waals surface area contributed by atoms with Crippen molar-refractivity contribution >= 4 is 27.3 Å². The topological polar surface area (TPSA) is 86.7 Å². The minimum absolute atomic E-state index is 0.0327. The molecule has 0 amide bonds. The molecule has 1 fully saturated rings. The maximum atomic E-state index is 13.0. The highest BCUT2D eigenvalue weighted by atomic mass is 32.2. The van der Waals surface area contributed by atoms with Crippen molar-refractivity contribution in [2.45, 2.75) is 58.3 Å². The number of carbonyl (C=O) groups excluding carboxylic acids is 2. The van der Waals surface area contributed by atoms with E-state index in [1.54, 1.807) is 0 Å². The Morgan fingerprint density at radius 3 is 2.47 bits per heavy atom. The molecule has 1 saturated carbocycles. The number of allylic oxidation sites excluding steroid dienone is 4. The zero-order valence-corrected chi connectivity index (χ0v) is 20.7. The molecule has 0 bridgehead atoms. The third-order valence-corrected chi connectivity index (χ3v) is 8.88. The molecule has 4 aliphatic carbocycles. The minimum Gasteiger partial charge on any atom is -0.491 e. The number of ketones is 2. The van der Waals surface area contributed by atoms with Crippen LogP contribution in [-0.2, 0) is 23.9 Å². The van der Waals surface area contributed by atoms with Crippen LogP contribution >= 0.6 is 0 Å². The average molecular weight is 485 g/mol. The molecule has 0 aliphatic heterocycles. The lowest BCUT2D eigenvalue weighted by atomic mass is 9.56. The molecule has 5 rings (SSSR count). The van der Waals surface area contributed by atoms with Crippen molar-refractivity contribution in [2.75, 3.05) is 19.5 Å². The van der Waals surface area contributed by atoms with Gasteiger partial charge in [0, 0.05) is 24.7 Å². The Kier molecular flexibility index (Phi) is 6.05. The maximum absolute atomic E-state index is 13.0. The Morgan fingerprint density at radius 1 is 0.971 bits per heavy atom. The maximum Gasteiger partial charge on any atom is 0.264 e. The first-order valence-electron chi connectivity index (χ1n) is 12.2. The summed E-state index contributed by atoms with van der Waals surface area (Å²) in [6.07, 6.45) is 7.44. The molecule has 0 unspecified atom stereocenters. The number of benzene rings is 1. The minimum atomic E-state index is -3.48. The molecule has 0 spiro atoms. The summed E-state index contributed by atoms with van der Waals surface area (Å²) in [4.78, 5) is 25.2. The van der Waals surface area contributed by atoms with Gasteiger partial charge in [-0.25, -0.2) is 0 Å². The fourth-order valence-electron chi connectivity index (χ4n) is 6.73. The Bertz CT molecular complexity index is 1190. The van der Waals surface area contributed by atoms with Crippen LogP contribution in [0, 0.1) is 17.3 Å². The zero-order chi connectivity index (χ0) is 24.1. The number of rotatable bonds is 6. The van der Waals surface area contributed by atoms with Crippen molar-refractivity contribution in [3.05, 3.63) is 46.5 Å². The highest BCUT2D eigenvalue weighted by Gasteiger charge is 2.54. The van der Waals surface area contributed by atoms with Crippen LogP contribution in [0.5, 0.6) is 5.75 Å². The van der Waals surface area contributed by atoms with Gasteiger partial charge in [-0.1, -0.05) is 24.6 Å². The standard InChI is InChI=1S/C27H32O6S/c1-27-16-23(17-3-7-20(8-4-17)32-13-14-33-34(2,30)31)26-21-10-6-19(28)15-18(21)5-9-22(26)24(27)11-12-25(27)29/h3-4,7-8,22,24H,5-6,9-16H2,1-2H3/t22-,24-,27-/m0/s1. The van der Waals surface area contributed by atoms with E-state index in [1.807, 2.05) is 24.3 Å². The van der Waals surface area contributed by atoms with Gasteiger partial charge in [0.2, 0.25) is 0 Å². The van der Waals surface area contributed by atoms with Crippen LogP contribution in [0.1, 0.15) is 63.9 Å². The van der Waals surface area contributed by atoms with Gasteiger partial charge in [-0.2, -0.15) is 8.42 Å². The van der Waals surface area contributed by atoms with Crippen molar-refractivity contribution in [3.8, 4) is 5.75 Å². The van der Waals surface area contributed by atoms with Crippen molar-refractivity contribution < 1.29 is 26.9 Å². The molecule has 4 aliphatic rings. The van der Waals surface area contributed by atoms with Crippen LogP contribution < -0.4 is 4.74 Å². The van der Waals surface area contributed by atoms with E-state index in [4.69, 9.17) is 8.92 Å². The van der Waals surface area contributed by atoms with E-state index in [9.17, 15) is 18.0 Å². The first-order chi connectivity index (χ1) is 16.2. The molecule has 6 nitrogen and oxygen atoms in total. The second kappa shape index (κ2) is 8.76. The summed E-state index contributed by atoms with van der Waals surface area (Å²) in [5, 5.41) is 0. The predicted molar refractivity (Wildman–Crippen MR) is 129 cm³/mol. The van der Waals surface area contributed by atoms with Gasteiger partial charge in [-0.05, 0) is 78.4 Å². The molecule has 0 radical (unpaired) electrons. The Balaban J connectivity index is 1.47. The van der Waals surface area contributed by atoms with Gasteiger partial charge in [-0.15, -0.1) is 0 Å². The third kappa shape index (κ3) is 4.29. The lowest BCUT2D eigenvalue weighted by Gasteiger charge is -2.47. The SMILES string of the molecule is C[C@]12CC(c3ccc(OCCOS(C)(=O)=O)cc3)=C3C4=C(CC[C@H]3[C@@H]1CCC2=O)CC(=O)CC4. The van der Waals surface area contributed by atoms with Gasteiger partial charge in [0.15, 0.2) is 0 Å². The lowest BCUT2D eigenvalue weighted by molar-refractivity contribution is -0.126. The highest BCUT2D eigenvalue weighted by Crippen LogP contribution is 2.61. The summed E-state index contributed by atoms with van der Waals surface area (Å²) in [6, 6.07) is 7.87. The molecule has 1 aromatic carbocycles. The van der Waals surface area contributed by atoms with Gasteiger partial charge in [0.25, 0.3) is 10.1 Å². The van der Waals surface area contributed by atoms with E-state index < -0.39 is 10.1 Å². The summed E-state index contributed by atoms with van der Waals surface area (Å²) in [7, 11) is -3.48. The fourth-order valence-corrected chi connectivity index (χ4v) is 7.11. The molecule has 0 aromatic heterocycles. The van der Waals surface area contributed by atoms with E-state index in [0.717, 1.165) is 43.9 Å². The number of ether oxygens (including phenoxy) is 1. The smallest absolute Gasteiger partial charge is 0.264 e. The molecule has 0 heterocycles. The fraction of sp³-hybridized carbons (Fsp3) is 0.556. The van der Waals surface area contributed by atoms with Gasteiger partial charge >= 0.3 is 0 Å². The van der Waals surface area contributed by atoms with E-state index in [0.29, 0.717) is 48.4 Å². The molecule has 1 aromatic rings. The second-order valence-corrected chi connectivity index (χ2v) is 12.0. The summed E-state index contributed by atoms with van der Waals surface area (Å²) < 4.78 is 32.6. The van der Waals surface area contributed by atoms with Crippen molar-refractivity contribution in [2.24, 2.45) is 17.3 Å². The Hall–Kier alpha value is -2.25. The van der Waals surface area contributed by atoms with Gasteiger partial charge < -0.3 is 4.74 Å². The monoisotopic (exact) mass is 484 g/mol. The average Bonchev–Trinajstić information content (AvgIpc) is 3.10.